The van der Waals surface area contributed by atoms with Gasteiger partial charge in [-0.05, 0) is 50.6 Å². The molecule has 0 fully saturated rings. The van der Waals surface area contributed by atoms with Gasteiger partial charge in [0, 0.05) is 11.1 Å². The second-order valence-corrected chi connectivity index (χ2v) is 8.53. The molecule has 5 aromatic rings. The number of rotatable bonds is 4. The van der Waals surface area contributed by atoms with Gasteiger partial charge in [0.2, 0.25) is 0 Å². The summed E-state index contributed by atoms with van der Waals surface area (Å²) in [5.41, 5.74) is 2.16. The van der Waals surface area contributed by atoms with Gasteiger partial charge in [-0.25, -0.2) is 14.5 Å². The van der Waals surface area contributed by atoms with E-state index in [1.807, 2.05) is 56.4 Å². The van der Waals surface area contributed by atoms with E-state index in [-0.39, 0.29) is 11.6 Å². The predicted octanol–water partition coefficient (Wildman–Crippen LogP) is 4.28. The molecule has 150 valence electrons. The third-order valence-corrected chi connectivity index (χ3v) is 6.08. The Morgan fingerprint density at radius 2 is 1.90 bits per heavy atom. The zero-order valence-corrected chi connectivity index (χ0v) is 17.6. The smallest absolute Gasteiger partial charge is 0.282 e. The van der Waals surface area contributed by atoms with E-state index in [9.17, 15) is 4.79 Å². The largest absolute Gasteiger partial charge is 0.360 e. The highest BCUT2D eigenvalue weighted by molar-refractivity contribution is 7.18. The molecular formula is C22H20N6OS. The van der Waals surface area contributed by atoms with Gasteiger partial charge in [0.05, 0.1) is 17.1 Å². The van der Waals surface area contributed by atoms with Crippen molar-refractivity contribution in [2.45, 2.75) is 26.8 Å². The summed E-state index contributed by atoms with van der Waals surface area (Å²) >= 11 is 1.63. The van der Waals surface area contributed by atoms with Gasteiger partial charge in [0.25, 0.3) is 5.56 Å². The maximum Gasteiger partial charge on any atom is 0.282 e. The number of hydrogen-bond donors (Lipinski definition) is 1. The van der Waals surface area contributed by atoms with Crippen LogP contribution in [0.25, 0.3) is 21.4 Å². The summed E-state index contributed by atoms with van der Waals surface area (Å²) in [5, 5.41) is 9.20. The molecule has 8 heteroatoms. The fourth-order valence-corrected chi connectivity index (χ4v) is 4.55. The molecule has 4 heterocycles. The molecule has 1 unspecified atom stereocenters. The molecule has 0 radical (unpaired) electrons. The molecule has 0 aliphatic heterocycles. The van der Waals surface area contributed by atoms with Crippen LogP contribution >= 0.6 is 11.3 Å². The van der Waals surface area contributed by atoms with E-state index >= 15 is 0 Å². The van der Waals surface area contributed by atoms with Crippen LogP contribution in [0, 0.1) is 13.8 Å². The van der Waals surface area contributed by atoms with Crippen LogP contribution in [0.1, 0.15) is 29.2 Å². The Morgan fingerprint density at radius 1 is 1.10 bits per heavy atom. The summed E-state index contributed by atoms with van der Waals surface area (Å²) in [5.74, 6) is 1.34. The number of thiophene rings is 1. The van der Waals surface area contributed by atoms with Crippen molar-refractivity contribution in [2.24, 2.45) is 0 Å². The van der Waals surface area contributed by atoms with Crippen LogP contribution in [0.5, 0.6) is 0 Å². The number of fused-ring (bicyclic) bond motifs is 2. The highest BCUT2D eigenvalue weighted by Gasteiger charge is 2.20. The van der Waals surface area contributed by atoms with E-state index < -0.39 is 0 Å². The Hall–Kier alpha value is -3.52. The quantitative estimate of drug-likeness (QED) is 0.473. The van der Waals surface area contributed by atoms with E-state index in [2.05, 4.69) is 28.3 Å². The average molecular weight is 417 g/mol. The lowest BCUT2D eigenvalue weighted by molar-refractivity contribution is 0.673. The molecule has 0 aliphatic carbocycles. The number of benzene rings is 1. The van der Waals surface area contributed by atoms with E-state index in [0.717, 1.165) is 27.3 Å². The number of para-hydroxylation sites is 1. The average Bonchev–Trinajstić information content (AvgIpc) is 3.31. The maximum atomic E-state index is 13.5. The summed E-state index contributed by atoms with van der Waals surface area (Å²) < 4.78 is 3.34. The molecule has 5 rings (SSSR count). The number of nitrogens with zero attached hydrogens (tertiary/aromatic N) is 5. The summed E-state index contributed by atoms with van der Waals surface area (Å²) in [6.07, 6.45) is 3.38. The standard InChI is InChI=1S/C22H20N6OS/c1-13-9-10-27-18(13)22(29)28(16-7-5-4-6-8-16)20(26-27)15(3)25-19-17-11-14(2)30-21(17)24-12-23-19/h4-12,15H,1-3H3,(H,23,24,25). The van der Waals surface area contributed by atoms with Crippen molar-refractivity contribution in [3.63, 3.8) is 0 Å². The maximum absolute atomic E-state index is 13.5. The molecular weight excluding hydrogens is 396 g/mol. The van der Waals surface area contributed by atoms with Gasteiger partial charge in [0.15, 0.2) is 5.82 Å². The van der Waals surface area contributed by atoms with Crippen molar-refractivity contribution in [3.05, 3.63) is 81.6 Å². The summed E-state index contributed by atoms with van der Waals surface area (Å²) in [4.78, 5) is 24.4. The highest BCUT2D eigenvalue weighted by Crippen LogP contribution is 2.29. The van der Waals surface area contributed by atoms with Crippen LogP contribution in [-0.2, 0) is 0 Å². The third-order valence-electron chi connectivity index (χ3n) is 5.12. The number of hydrogen-bond acceptors (Lipinski definition) is 6. The summed E-state index contributed by atoms with van der Waals surface area (Å²) in [6.45, 7) is 5.96. The van der Waals surface area contributed by atoms with Crippen LogP contribution in [0.2, 0.25) is 0 Å². The minimum Gasteiger partial charge on any atom is -0.360 e. The Kier molecular flexibility index (Phi) is 4.36. The SMILES string of the molecule is Cc1cc2c(NC(C)c3nn4ccc(C)c4c(=O)n3-c3ccccc3)ncnc2s1. The molecule has 0 aliphatic rings. The van der Waals surface area contributed by atoms with Gasteiger partial charge in [-0.3, -0.25) is 9.36 Å². The molecule has 1 N–H and O–H groups in total. The molecule has 1 aromatic carbocycles. The first kappa shape index (κ1) is 18.5. The van der Waals surface area contributed by atoms with Gasteiger partial charge in [-0.2, -0.15) is 5.10 Å². The molecule has 0 bridgehead atoms. The Bertz CT molecular complexity index is 1430. The molecule has 4 aromatic heterocycles. The first-order chi connectivity index (χ1) is 14.5. The topological polar surface area (TPSA) is 77.1 Å². The van der Waals surface area contributed by atoms with Crippen LogP contribution in [0.4, 0.5) is 5.82 Å². The molecule has 7 nitrogen and oxygen atoms in total. The van der Waals surface area contributed by atoms with Gasteiger partial charge >= 0.3 is 0 Å². The number of aryl methyl sites for hydroxylation is 2. The Morgan fingerprint density at radius 3 is 2.70 bits per heavy atom. The second kappa shape index (κ2) is 7.07. The number of anilines is 1. The Labute approximate surface area is 176 Å². The van der Waals surface area contributed by atoms with Crippen molar-refractivity contribution in [3.8, 4) is 5.69 Å². The highest BCUT2D eigenvalue weighted by atomic mass is 32.1. The lowest BCUT2D eigenvalue weighted by Gasteiger charge is -2.20. The van der Waals surface area contributed by atoms with Gasteiger partial charge in [-0.1, -0.05) is 18.2 Å². The van der Waals surface area contributed by atoms with E-state index in [1.54, 1.807) is 26.7 Å². The number of aromatic nitrogens is 5. The summed E-state index contributed by atoms with van der Waals surface area (Å²) in [7, 11) is 0. The molecule has 30 heavy (non-hydrogen) atoms. The zero-order valence-electron chi connectivity index (χ0n) is 16.8. The monoisotopic (exact) mass is 416 g/mol. The third kappa shape index (κ3) is 2.96. The van der Waals surface area contributed by atoms with Crippen molar-refractivity contribution in [2.75, 3.05) is 5.32 Å². The first-order valence-corrected chi connectivity index (χ1v) is 10.5. The molecule has 0 spiro atoms. The van der Waals surface area contributed by atoms with E-state index in [1.165, 1.54) is 4.88 Å². The van der Waals surface area contributed by atoms with Gasteiger partial charge in [-0.15, -0.1) is 11.3 Å². The van der Waals surface area contributed by atoms with Crippen molar-refractivity contribution in [1.29, 1.82) is 0 Å². The molecule has 0 saturated heterocycles. The second-order valence-electron chi connectivity index (χ2n) is 7.29. The van der Waals surface area contributed by atoms with Crippen LogP contribution in [0.3, 0.4) is 0 Å². The molecule has 0 amide bonds. The van der Waals surface area contributed by atoms with Gasteiger partial charge in [0.1, 0.15) is 22.5 Å². The summed E-state index contributed by atoms with van der Waals surface area (Å²) in [6, 6.07) is 13.3. The van der Waals surface area contributed by atoms with Crippen LogP contribution in [-0.4, -0.2) is 24.1 Å². The van der Waals surface area contributed by atoms with E-state index in [0.29, 0.717) is 11.3 Å². The first-order valence-electron chi connectivity index (χ1n) is 9.67. The minimum absolute atomic E-state index is 0.0958. The van der Waals surface area contributed by atoms with E-state index in [4.69, 9.17) is 5.10 Å². The fourth-order valence-electron chi connectivity index (χ4n) is 3.70. The van der Waals surface area contributed by atoms with Crippen LogP contribution < -0.4 is 10.9 Å². The molecule has 0 saturated carbocycles. The van der Waals surface area contributed by atoms with Crippen molar-refractivity contribution < 1.29 is 0 Å². The van der Waals surface area contributed by atoms with Crippen LogP contribution in [0.15, 0.2) is 59.8 Å². The van der Waals surface area contributed by atoms with Crippen molar-refractivity contribution in [1.82, 2.24) is 24.1 Å². The lowest BCUT2D eigenvalue weighted by Crippen LogP contribution is -2.29. The minimum atomic E-state index is -0.275. The zero-order chi connectivity index (χ0) is 20.8. The molecule has 1 atom stereocenters. The van der Waals surface area contributed by atoms with Gasteiger partial charge < -0.3 is 5.32 Å². The number of nitrogens with one attached hydrogen (secondary N) is 1. The normalized spacial score (nSPS) is 12.5. The van der Waals surface area contributed by atoms with Crippen molar-refractivity contribution >= 4 is 32.9 Å². The Balaban J connectivity index is 1.68. The fraction of sp³-hybridized carbons (Fsp3) is 0.182. The predicted molar refractivity (Wildman–Crippen MR) is 120 cm³/mol. The lowest BCUT2D eigenvalue weighted by atomic mass is 10.2.